The Kier molecular flexibility index (Phi) is 4.06. The molecule has 1 N–H and O–H groups in total. The van der Waals surface area contributed by atoms with E-state index in [0.29, 0.717) is 41.4 Å². The highest BCUT2D eigenvalue weighted by molar-refractivity contribution is 6.04. The van der Waals surface area contributed by atoms with E-state index in [2.05, 4.69) is 10.4 Å². The van der Waals surface area contributed by atoms with Crippen molar-refractivity contribution < 1.29 is 4.74 Å². The average molecular weight is 305 g/mol. The maximum absolute atomic E-state index is 12.4. The van der Waals surface area contributed by atoms with Crippen LogP contribution in [-0.4, -0.2) is 44.7 Å². The standard InChI is InChI=1S/C14H19N5O3/c1-17(2)6-5-15-14-16-19(21)12-9-13-10(4-3-7-22-13)8-11(12)18(14)20/h8-9H,3-7H2,1-2H3,(H,15,16)/q-2. The van der Waals surface area contributed by atoms with Crippen molar-refractivity contribution in [1.29, 1.82) is 0 Å². The highest BCUT2D eigenvalue weighted by Crippen LogP contribution is 2.39. The summed E-state index contributed by atoms with van der Waals surface area (Å²) in [6, 6.07) is 3.34. The molecule has 1 aromatic carbocycles. The zero-order valence-corrected chi connectivity index (χ0v) is 12.7. The molecule has 2 aliphatic heterocycles. The van der Waals surface area contributed by atoms with Crippen LogP contribution in [0, 0.1) is 10.4 Å². The van der Waals surface area contributed by atoms with Gasteiger partial charge >= 0.3 is 0 Å². The molecule has 0 aliphatic carbocycles. The minimum atomic E-state index is 0.0148. The molecule has 0 saturated heterocycles. The number of ether oxygens (including phenoxy) is 1. The summed E-state index contributed by atoms with van der Waals surface area (Å²) in [7, 11) is 3.84. The quantitative estimate of drug-likeness (QED) is 0.893. The third-order valence-corrected chi connectivity index (χ3v) is 3.65. The molecule has 22 heavy (non-hydrogen) atoms. The Morgan fingerprint density at radius 2 is 2.14 bits per heavy atom. The lowest BCUT2D eigenvalue weighted by atomic mass is 10.0. The van der Waals surface area contributed by atoms with Crippen LogP contribution < -0.4 is 20.4 Å². The molecule has 8 heteroatoms. The van der Waals surface area contributed by atoms with Gasteiger partial charge in [-0.25, -0.2) is 0 Å². The minimum Gasteiger partial charge on any atom is -0.752 e. The number of rotatable bonds is 3. The molecular weight excluding hydrogens is 286 g/mol. The normalized spacial score (nSPS) is 18.9. The Morgan fingerprint density at radius 3 is 2.91 bits per heavy atom. The zero-order valence-electron chi connectivity index (χ0n) is 12.7. The molecular formula is C14H19N5O3-2. The predicted molar refractivity (Wildman–Crippen MR) is 85.9 cm³/mol. The molecule has 8 nitrogen and oxygen atoms in total. The zero-order chi connectivity index (χ0) is 15.7. The Morgan fingerprint density at radius 1 is 1.32 bits per heavy atom. The number of hydrogen-bond acceptors (Lipinski definition) is 6. The molecule has 0 amide bonds. The van der Waals surface area contributed by atoms with Gasteiger partial charge in [-0.15, -0.1) is 0 Å². The Balaban J connectivity index is 1.89. The number of hydrogen-bond donors (Lipinski definition) is 1. The van der Waals surface area contributed by atoms with Crippen molar-refractivity contribution in [3.05, 3.63) is 28.1 Å². The molecule has 1 aromatic rings. The van der Waals surface area contributed by atoms with Crippen LogP contribution in [0.3, 0.4) is 0 Å². The lowest BCUT2D eigenvalue weighted by molar-refractivity contribution is 0.288. The number of aliphatic imine (C=N–C) groups is 1. The Hall–Kier alpha value is -2.03. The number of nitrogens with zero attached hydrogens (tertiary/aromatic N) is 4. The number of benzene rings is 1. The number of anilines is 2. The largest absolute Gasteiger partial charge is 0.752 e. The van der Waals surface area contributed by atoms with E-state index in [-0.39, 0.29) is 11.6 Å². The second-order valence-electron chi connectivity index (χ2n) is 5.61. The topological polar surface area (TPSA) is 89.5 Å². The van der Waals surface area contributed by atoms with Gasteiger partial charge in [0, 0.05) is 12.6 Å². The van der Waals surface area contributed by atoms with E-state index in [4.69, 9.17) is 4.74 Å². The summed E-state index contributed by atoms with van der Waals surface area (Å²) >= 11 is 0. The highest BCUT2D eigenvalue weighted by atomic mass is 16.6. The van der Waals surface area contributed by atoms with Crippen molar-refractivity contribution in [2.75, 3.05) is 44.0 Å². The summed E-state index contributed by atoms with van der Waals surface area (Å²) < 4.78 is 5.54. The van der Waals surface area contributed by atoms with Gasteiger partial charge in [0.2, 0.25) is 5.96 Å². The Labute approximate surface area is 129 Å². The van der Waals surface area contributed by atoms with Crippen LogP contribution in [0.2, 0.25) is 0 Å². The first kappa shape index (κ1) is 14.9. The van der Waals surface area contributed by atoms with E-state index in [1.165, 1.54) is 0 Å². The summed E-state index contributed by atoms with van der Waals surface area (Å²) in [6.07, 6.45) is 1.75. The van der Waals surface area contributed by atoms with Gasteiger partial charge in [-0.05, 0) is 38.6 Å². The average Bonchev–Trinajstić information content (AvgIpc) is 2.50. The molecule has 0 aromatic heterocycles. The van der Waals surface area contributed by atoms with Crippen LogP contribution in [-0.2, 0) is 6.42 Å². The molecule has 120 valence electrons. The monoisotopic (exact) mass is 305 g/mol. The van der Waals surface area contributed by atoms with Crippen LogP contribution in [0.4, 0.5) is 11.4 Å². The lowest BCUT2D eigenvalue weighted by Crippen LogP contribution is -2.51. The SMILES string of the molecule is CN(C)CCN=C1NN([O-])c2cc3c(cc2N1[O-])CCCO3. The fraction of sp³-hybridized carbons (Fsp3) is 0.500. The maximum Gasteiger partial charge on any atom is 0.206 e. The highest BCUT2D eigenvalue weighted by Gasteiger charge is 2.21. The van der Waals surface area contributed by atoms with Gasteiger partial charge in [0.1, 0.15) is 5.75 Å². The second-order valence-corrected chi connectivity index (χ2v) is 5.61. The molecule has 0 fully saturated rings. The van der Waals surface area contributed by atoms with Gasteiger partial charge in [0.15, 0.2) is 0 Å². The fourth-order valence-corrected chi connectivity index (χ4v) is 2.47. The van der Waals surface area contributed by atoms with E-state index in [1.807, 2.05) is 19.0 Å². The number of aryl methyl sites for hydroxylation is 1. The summed E-state index contributed by atoms with van der Waals surface area (Å²) in [5, 5.41) is 25.8. The van der Waals surface area contributed by atoms with Crippen LogP contribution in [0.5, 0.6) is 5.75 Å². The number of fused-ring (bicyclic) bond motifs is 2. The van der Waals surface area contributed by atoms with Crippen LogP contribution in [0.1, 0.15) is 12.0 Å². The van der Waals surface area contributed by atoms with Crippen LogP contribution >= 0.6 is 0 Å². The van der Waals surface area contributed by atoms with Crippen LogP contribution in [0.15, 0.2) is 17.1 Å². The van der Waals surface area contributed by atoms with E-state index in [0.717, 1.165) is 18.4 Å². The third kappa shape index (κ3) is 2.80. The third-order valence-electron chi connectivity index (χ3n) is 3.65. The minimum absolute atomic E-state index is 0.0148. The molecule has 0 unspecified atom stereocenters. The van der Waals surface area contributed by atoms with E-state index in [1.54, 1.807) is 12.1 Å². The van der Waals surface area contributed by atoms with Crippen LogP contribution in [0.25, 0.3) is 0 Å². The van der Waals surface area contributed by atoms with Gasteiger partial charge < -0.3 is 30.3 Å². The first-order chi connectivity index (χ1) is 10.6. The van der Waals surface area contributed by atoms with Crippen molar-refractivity contribution in [2.45, 2.75) is 12.8 Å². The summed E-state index contributed by atoms with van der Waals surface area (Å²) in [5.41, 5.74) is 3.98. The van der Waals surface area contributed by atoms with Crippen molar-refractivity contribution in [3.63, 3.8) is 0 Å². The second kappa shape index (κ2) is 5.99. The van der Waals surface area contributed by atoms with Crippen molar-refractivity contribution in [1.82, 2.24) is 10.3 Å². The number of hydrazine groups is 1. The first-order valence-corrected chi connectivity index (χ1v) is 7.26. The van der Waals surface area contributed by atoms with Gasteiger partial charge in [-0.3, -0.25) is 10.4 Å². The van der Waals surface area contributed by atoms with Gasteiger partial charge in [-0.2, -0.15) is 0 Å². The molecule has 2 heterocycles. The first-order valence-electron chi connectivity index (χ1n) is 7.26. The van der Waals surface area contributed by atoms with Crippen molar-refractivity contribution in [2.24, 2.45) is 4.99 Å². The number of hydroxylamine groups is 1. The number of guanidine groups is 1. The smallest absolute Gasteiger partial charge is 0.206 e. The maximum atomic E-state index is 12.4. The summed E-state index contributed by atoms with van der Waals surface area (Å²) in [4.78, 5) is 6.13. The van der Waals surface area contributed by atoms with Gasteiger partial charge in [-0.1, -0.05) is 0 Å². The lowest BCUT2D eigenvalue weighted by Gasteiger charge is -2.47. The van der Waals surface area contributed by atoms with Gasteiger partial charge in [0.05, 0.1) is 24.5 Å². The van der Waals surface area contributed by atoms with Crippen molar-refractivity contribution >= 4 is 17.3 Å². The van der Waals surface area contributed by atoms with E-state index < -0.39 is 0 Å². The number of likely N-dealkylation sites (N-methyl/N-ethyl adjacent to an activating group) is 1. The van der Waals surface area contributed by atoms with Gasteiger partial charge in [0.25, 0.3) is 0 Å². The molecule has 0 saturated carbocycles. The number of nitrogens with one attached hydrogen (secondary N) is 1. The van der Waals surface area contributed by atoms with E-state index in [9.17, 15) is 10.4 Å². The molecule has 3 rings (SSSR count). The molecule has 0 spiro atoms. The molecule has 0 bridgehead atoms. The van der Waals surface area contributed by atoms with Crippen molar-refractivity contribution in [3.8, 4) is 5.75 Å². The molecule has 0 atom stereocenters. The summed E-state index contributed by atoms with van der Waals surface area (Å²) in [5.74, 6) is 0.690. The van der Waals surface area contributed by atoms with E-state index >= 15 is 0 Å². The fourth-order valence-electron chi connectivity index (χ4n) is 2.47. The molecule has 2 aliphatic rings. The Bertz CT molecular complexity index is 590. The molecule has 0 radical (unpaired) electrons. The predicted octanol–water partition coefficient (Wildman–Crippen LogP) is 1.06. The summed E-state index contributed by atoms with van der Waals surface area (Å²) in [6.45, 7) is 1.77.